The molecule has 0 aliphatic heterocycles. The number of rotatable bonds is 6. The summed E-state index contributed by atoms with van der Waals surface area (Å²) in [6, 6.07) is 0. The minimum atomic E-state index is -0.723. The van der Waals surface area contributed by atoms with Crippen molar-refractivity contribution in [2.45, 2.75) is 38.2 Å². The van der Waals surface area contributed by atoms with Gasteiger partial charge in [-0.25, -0.2) is 0 Å². The average molecular weight is 229 g/mol. The molecule has 0 amide bonds. The predicted molar refractivity (Wildman–Crippen MR) is 62.5 cm³/mol. The molecule has 0 bridgehead atoms. The minimum Gasteiger partial charge on any atom is -0.481 e. The van der Waals surface area contributed by atoms with Crippen molar-refractivity contribution in [3.05, 3.63) is 0 Å². The van der Waals surface area contributed by atoms with Crippen molar-refractivity contribution >= 4 is 5.97 Å². The highest BCUT2D eigenvalue weighted by Gasteiger charge is 2.25. The first-order valence-corrected chi connectivity index (χ1v) is 6.06. The maximum Gasteiger partial charge on any atom is 0.304 e. The van der Waals surface area contributed by atoms with Gasteiger partial charge in [0, 0.05) is 20.2 Å². The molecule has 0 radical (unpaired) electrons. The molecule has 2 atom stereocenters. The Kier molecular flexibility index (Phi) is 5.77. The van der Waals surface area contributed by atoms with Gasteiger partial charge in [0.2, 0.25) is 0 Å². The highest BCUT2D eigenvalue weighted by molar-refractivity contribution is 5.66. The molecule has 1 fully saturated rings. The summed E-state index contributed by atoms with van der Waals surface area (Å²) >= 11 is 0. The molecule has 1 rings (SSSR count). The number of hydrogen-bond acceptors (Lipinski definition) is 3. The third-order valence-electron chi connectivity index (χ3n) is 3.40. The first-order valence-electron chi connectivity index (χ1n) is 6.06. The van der Waals surface area contributed by atoms with Gasteiger partial charge in [0.25, 0.3) is 0 Å². The number of carboxylic acids is 1. The molecule has 94 valence electrons. The lowest BCUT2D eigenvalue weighted by atomic mass is 9.86. The Morgan fingerprint density at radius 3 is 2.75 bits per heavy atom. The van der Waals surface area contributed by atoms with Crippen LogP contribution >= 0.6 is 0 Å². The second-order valence-corrected chi connectivity index (χ2v) is 4.72. The molecule has 0 aromatic heterocycles. The van der Waals surface area contributed by atoms with Gasteiger partial charge < -0.3 is 14.7 Å². The highest BCUT2D eigenvalue weighted by atomic mass is 16.5. The van der Waals surface area contributed by atoms with Crippen molar-refractivity contribution in [3.63, 3.8) is 0 Å². The number of hydrogen-bond donors (Lipinski definition) is 1. The second kappa shape index (κ2) is 6.86. The zero-order valence-corrected chi connectivity index (χ0v) is 10.3. The van der Waals surface area contributed by atoms with E-state index >= 15 is 0 Å². The van der Waals surface area contributed by atoms with E-state index in [9.17, 15) is 4.79 Å². The second-order valence-electron chi connectivity index (χ2n) is 4.72. The molecule has 0 heterocycles. The maximum atomic E-state index is 10.5. The Labute approximate surface area is 97.6 Å². The Morgan fingerprint density at radius 2 is 2.12 bits per heavy atom. The average Bonchev–Trinajstić information content (AvgIpc) is 2.27. The third-order valence-corrected chi connectivity index (χ3v) is 3.40. The van der Waals surface area contributed by atoms with Gasteiger partial charge in [0.05, 0.1) is 12.5 Å². The number of carboxylic acid groups (broad SMARTS) is 1. The van der Waals surface area contributed by atoms with Crippen molar-refractivity contribution in [1.82, 2.24) is 4.90 Å². The maximum absolute atomic E-state index is 10.5. The molecule has 1 N–H and O–H groups in total. The van der Waals surface area contributed by atoms with Crippen LogP contribution in [0.5, 0.6) is 0 Å². The van der Waals surface area contributed by atoms with Gasteiger partial charge in [0.1, 0.15) is 0 Å². The van der Waals surface area contributed by atoms with E-state index in [1.165, 1.54) is 19.3 Å². The Morgan fingerprint density at radius 1 is 1.44 bits per heavy atom. The summed E-state index contributed by atoms with van der Waals surface area (Å²) in [5.74, 6) is -0.156. The van der Waals surface area contributed by atoms with E-state index in [1.807, 2.05) is 7.05 Å². The van der Waals surface area contributed by atoms with E-state index in [1.54, 1.807) is 7.11 Å². The quantitative estimate of drug-likeness (QED) is 0.751. The molecule has 16 heavy (non-hydrogen) atoms. The van der Waals surface area contributed by atoms with Crippen molar-refractivity contribution in [1.29, 1.82) is 0 Å². The molecule has 1 aliphatic carbocycles. The van der Waals surface area contributed by atoms with Crippen molar-refractivity contribution in [2.24, 2.45) is 5.92 Å². The van der Waals surface area contributed by atoms with E-state index in [2.05, 4.69) is 4.90 Å². The predicted octanol–water partition coefficient (Wildman–Crippen LogP) is 1.60. The van der Waals surface area contributed by atoms with Crippen LogP contribution < -0.4 is 0 Å². The van der Waals surface area contributed by atoms with Crippen LogP contribution in [-0.2, 0) is 9.53 Å². The monoisotopic (exact) mass is 229 g/mol. The first-order chi connectivity index (χ1) is 7.63. The van der Waals surface area contributed by atoms with Crippen LogP contribution in [0, 0.1) is 5.92 Å². The van der Waals surface area contributed by atoms with Crippen LogP contribution in [0.15, 0.2) is 0 Å². The summed E-state index contributed by atoms with van der Waals surface area (Å²) in [6.45, 7) is 1.58. The zero-order chi connectivity index (χ0) is 12.0. The highest BCUT2D eigenvalue weighted by Crippen LogP contribution is 2.26. The van der Waals surface area contributed by atoms with Gasteiger partial charge in [-0.15, -0.1) is 0 Å². The van der Waals surface area contributed by atoms with E-state index in [-0.39, 0.29) is 6.42 Å². The molecule has 0 spiro atoms. The Bertz CT molecular complexity index is 220. The van der Waals surface area contributed by atoms with Crippen molar-refractivity contribution < 1.29 is 14.6 Å². The van der Waals surface area contributed by atoms with Crippen LogP contribution in [0.3, 0.4) is 0 Å². The van der Waals surface area contributed by atoms with Crippen molar-refractivity contribution in [2.75, 3.05) is 27.2 Å². The SMILES string of the molecule is COC1CCCCC1CN(C)CCC(=O)O. The van der Waals surface area contributed by atoms with Gasteiger partial charge in [-0.3, -0.25) is 4.79 Å². The van der Waals surface area contributed by atoms with Crippen LogP contribution in [0.25, 0.3) is 0 Å². The van der Waals surface area contributed by atoms with E-state index in [0.717, 1.165) is 13.0 Å². The molecule has 0 saturated heterocycles. The van der Waals surface area contributed by atoms with Gasteiger partial charge >= 0.3 is 5.97 Å². The van der Waals surface area contributed by atoms with E-state index < -0.39 is 5.97 Å². The summed E-state index contributed by atoms with van der Waals surface area (Å²) in [5, 5.41) is 8.62. The minimum absolute atomic E-state index is 0.223. The topological polar surface area (TPSA) is 49.8 Å². The molecule has 4 heteroatoms. The molecular weight excluding hydrogens is 206 g/mol. The first kappa shape index (κ1) is 13.5. The molecule has 1 aliphatic rings. The zero-order valence-electron chi connectivity index (χ0n) is 10.3. The molecule has 2 unspecified atom stereocenters. The number of carbonyl (C=O) groups is 1. The normalized spacial score (nSPS) is 25.9. The summed E-state index contributed by atoms with van der Waals surface area (Å²) in [7, 11) is 3.77. The standard InChI is InChI=1S/C12H23NO3/c1-13(8-7-12(14)15)9-10-5-3-4-6-11(10)16-2/h10-11H,3-9H2,1-2H3,(H,14,15). The van der Waals surface area contributed by atoms with Gasteiger partial charge in [-0.1, -0.05) is 12.8 Å². The third kappa shape index (κ3) is 4.49. The largest absolute Gasteiger partial charge is 0.481 e. The summed E-state index contributed by atoms with van der Waals surface area (Å²) in [5.41, 5.74) is 0. The van der Waals surface area contributed by atoms with Crippen LogP contribution in [0.4, 0.5) is 0 Å². The number of nitrogens with zero attached hydrogens (tertiary/aromatic N) is 1. The number of aliphatic carboxylic acids is 1. The molecular formula is C12H23NO3. The summed E-state index contributed by atoms with van der Waals surface area (Å²) < 4.78 is 5.49. The van der Waals surface area contributed by atoms with Crippen LogP contribution in [0.1, 0.15) is 32.1 Å². The smallest absolute Gasteiger partial charge is 0.304 e. The molecule has 1 saturated carbocycles. The fraction of sp³-hybridized carbons (Fsp3) is 0.917. The van der Waals surface area contributed by atoms with Crippen LogP contribution in [0.2, 0.25) is 0 Å². The lowest BCUT2D eigenvalue weighted by molar-refractivity contribution is -0.137. The molecule has 0 aromatic carbocycles. The Balaban J connectivity index is 2.30. The fourth-order valence-electron chi connectivity index (χ4n) is 2.47. The van der Waals surface area contributed by atoms with Gasteiger partial charge in [-0.05, 0) is 25.8 Å². The lowest BCUT2D eigenvalue weighted by Crippen LogP contribution is -2.36. The Hall–Kier alpha value is -0.610. The van der Waals surface area contributed by atoms with Crippen LogP contribution in [-0.4, -0.2) is 49.3 Å². The molecule has 4 nitrogen and oxygen atoms in total. The van der Waals surface area contributed by atoms with Gasteiger partial charge in [0.15, 0.2) is 0 Å². The summed E-state index contributed by atoms with van der Waals surface area (Å²) in [4.78, 5) is 12.6. The summed E-state index contributed by atoms with van der Waals surface area (Å²) in [6.07, 6.45) is 5.47. The van der Waals surface area contributed by atoms with E-state index in [0.29, 0.717) is 18.6 Å². The lowest BCUT2D eigenvalue weighted by Gasteiger charge is -2.33. The number of ether oxygens (including phenoxy) is 1. The van der Waals surface area contributed by atoms with E-state index in [4.69, 9.17) is 9.84 Å². The number of methoxy groups -OCH3 is 1. The van der Waals surface area contributed by atoms with Crippen molar-refractivity contribution in [3.8, 4) is 0 Å². The fourth-order valence-corrected chi connectivity index (χ4v) is 2.47. The van der Waals surface area contributed by atoms with Gasteiger partial charge in [-0.2, -0.15) is 0 Å². The molecule has 0 aromatic rings.